The highest BCUT2D eigenvalue weighted by molar-refractivity contribution is 5.13. The maximum atomic E-state index is 5.83. The van der Waals surface area contributed by atoms with Crippen molar-refractivity contribution >= 4 is 0 Å². The highest BCUT2D eigenvalue weighted by atomic mass is 16.7. The molecular formula is C12H20NO+. The largest absolute Gasteiger partial charge is 0.265 e. The number of rotatable bonds is 1. The molecular weight excluding hydrogens is 174 g/mol. The van der Waals surface area contributed by atoms with E-state index in [1.54, 1.807) is 0 Å². The van der Waals surface area contributed by atoms with Crippen LogP contribution in [0.2, 0.25) is 0 Å². The zero-order chi connectivity index (χ0) is 10.9. The predicted molar refractivity (Wildman–Crippen MR) is 57.2 cm³/mol. The zero-order valence-corrected chi connectivity index (χ0v) is 10.0. The fraction of sp³-hybridized carbons (Fsp3) is 0.583. The van der Waals surface area contributed by atoms with E-state index in [0.717, 1.165) is 11.4 Å². The van der Waals surface area contributed by atoms with Crippen molar-refractivity contribution in [2.45, 2.75) is 47.1 Å². The van der Waals surface area contributed by atoms with E-state index in [0.29, 0.717) is 0 Å². The zero-order valence-electron chi connectivity index (χ0n) is 10.0. The molecule has 0 saturated heterocycles. The summed E-state index contributed by atoms with van der Waals surface area (Å²) >= 11 is 0. The van der Waals surface area contributed by atoms with Crippen LogP contribution in [0.15, 0.2) is 12.1 Å². The van der Waals surface area contributed by atoms with Crippen molar-refractivity contribution in [1.82, 2.24) is 0 Å². The first kappa shape index (κ1) is 11.0. The molecule has 78 valence electrons. The third-order valence-electron chi connectivity index (χ3n) is 1.88. The Morgan fingerprint density at radius 1 is 1.00 bits per heavy atom. The van der Waals surface area contributed by atoms with Crippen molar-refractivity contribution in [3.8, 4) is 0 Å². The standard InChI is InChI=1S/C12H20NO/c1-9-7-10(2)13(11(3)8-9)14-12(4,5)6/h7-8H,1-6H3/q+1. The van der Waals surface area contributed by atoms with E-state index in [1.807, 2.05) is 4.73 Å². The van der Waals surface area contributed by atoms with Crippen molar-refractivity contribution in [3.05, 3.63) is 29.1 Å². The predicted octanol–water partition coefficient (Wildman–Crippen LogP) is 2.13. The highest BCUT2D eigenvalue weighted by Gasteiger charge is 2.22. The van der Waals surface area contributed by atoms with Crippen molar-refractivity contribution in [1.29, 1.82) is 0 Å². The van der Waals surface area contributed by atoms with Gasteiger partial charge in [-0.2, -0.15) is 0 Å². The van der Waals surface area contributed by atoms with Crippen molar-refractivity contribution in [3.63, 3.8) is 0 Å². The minimum Gasteiger partial charge on any atom is -0.265 e. The Hall–Kier alpha value is -1.05. The molecule has 0 N–H and O–H groups in total. The van der Waals surface area contributed by atoms with E-state index in [2.05, 4.69) is 53.7 Å². The summed E-state index contributed by atoms with van der Waals surface area (Å²) in [6.07, 6.45) is 0. The molecule has 0 aliphatic carbocycles. The third-order valence-corrected chi connectivity index (χ3v) is 1.88. The van der Waals surface area contributed by atoms with Crippen LogP contribution in [0.1, 0.15) is 37.7 Å². The average molecular weight is 194 g/mol. The van der Waals surface area contributed by atoms with Crippen LogP contribution in [0, 0.1) is 20.8 Å². The summed E-state index contributed by atoms with van der Waals surface area (Å²) in [5, 5.41) is 0. The van der Waals surface area contributed by atoms with Crippen molar-refractivity contribution in [2.24, 2.45) is 0 Å². The van der Waals surface area contributed by atoms with E-state index in [1.165, 1.54) is 5.56 Å². The first-order chi connectivity index (χ1) is 6.29. The van der Waals surface area contributed by atoms with E-state index in [-0.39, 0.29) is 5.60 Å². The molecule has 0 atom stereocenters. The van der Waals surface area contributed by atoms with Crippen LogP contribution in [0.4, 0.5) is 0 Å². The number of hydrogen-bond donors (Lipinski definition) is 0. The van der Waals surface area contributed by atoms with Gasteiger partial charge in [0, 0.05) is 30.7 Å². The van der Waals surface area contributed by atoms with Crippen LogP contribution in [0.25, 0.3) is 0 Å². The lowest BCUT2D eigenvalue weighted by Crippen LogP contribution is -2.55. The number of nitrogens with zero attached hydrogens (tertiary/aromatic N) is 1. The summed E-state index contributed by atoms with van der Waals surface area (Å²) in [6.45, 7) is 12.4. The number of aromatic nitrogens is 1. The Bertz CT molecular complexity index is 314. The van der Waals surface area contributed by atoms with Crippen LogP contribution in [0.5, 0.6) is 0 Å². The molecule has 0 radical (unpaired) electrons. The van der Waals surface area contributed by atoms with Crippen molar-refractivity contribution < 1.29 is 9.57 Å². The second-order valence-electron chi connectivity index (χ2n) is 4.81. The van der Waals surface area contributed by atoms with Crippen LogP contribution in [-0.2, 0) is 0 Å². The van der Waals surface area contributed by atoms with Gasteiger partial charge in [0.25, 0.3) is 0 Å². The maximum Gasteiger partial charge on any atom is 0.231 e. The Balaban J connectivity index is 3.09. The van der Waals surface area contributed by atoms with Gasteiger partial charge in [-0.1, -0.05) is 0 Å². The van der Waals surface area contributed by atoms with Crippen LogP contribution in [-0.4, -0.2) is 5.60 Å². The van der Waals surface area contributed by atoms with Gasteiger partial charge in [0.05, 0.1) is 0 Å². The summed E-state index contributed by atoms with van der Waals surface area (Å²) in [4.78, 5) is 5.83. The smallest absolute Gasteiger partial charge is 0.231 e. The Morgan fingerprint density at radius 2 is 1.43 bits per heavy atom. The van der Waals surface area contributed by atoms with E-state index < -0.39 is 0 Å². The fourth-order valence-electron chi connectivity index (χ4n) is 1.51. The lowest BCUT2D eigenvalue weighted by atomic mass is 10.2. The van der Waals surface area contributed by atoms with E-state index >= 15 is 0 Å². The minimum atomic E-state index is -0.157. The normalized spacial score (nSPS) is 11.6. The molecule has 1 heterocycles. The number of pyridine rings is 1. The molecule has 1 aromatic heterocycles. The SMILES string of the molecule is Cc1cc(C)[n+](OC(C)(C)C)c(C)c1. The molecule has 2 nitrogen and oxygen atoms in total. The molecule has 0 aromatic carbocycles. The molecule has 0 saturated carbocycles. The fourth-order valence-corrected chi connectivity index (χ4v) is 1.51. The quantitative estimate of drug-likeness (QED) is 0.624. The molecule has 0 unspecified atom stereocenters. The molecule has 0 amide bonds. The highest BCUT2D eigenvalue weighted by Crippen LogP contribution is 2.04. The number of aryl methyl sites for hydroxylation is 3. The van der Waals surface area contributed by atoms with Gasteiger partial charge in [0.15, 0.2) is 5.60 Å². The summed E-state index contributed by atoms with van der Waals surface area (Å²) in [6, 6.07) is 4.25. The Morgan fingerprint density at radius 3 is 1.79 bits per heavy atom. The summed E-state index contributed by atoms with van der Waals surface area (Å²) in [5.41, 5.74) is 3.39. The van der Waals surface area contributed by atoms with E-state index in [4.69, 9.17) is 4.84 Å². The van der Waals surface area contributed by atoms with Crippen LogP contribution >= 0.6 is 0 Å². The molecule has 0 bridgehead atoms. The van der Waals surface area contributed by atoms with Gasteiger partial charge in [-0.15, -0.1) is 0 Å². The van der Waals surface area contributed by atoms with Gasteiger partial charge in [-0.05, 0) is 33.3 Å². The average Bonchev–Trinajstić information content (AvgIpc) is 1.95. The van der Waals surface area contributed by atoms with Gasteiger partial charge in [-0.3, -0.25) is 4.84 Å². The molecule has 1 rings (SSSR count). The monoisotopic (exact) mass is 194 g/mol. The summed E-state index contributed by atoms with van der Waals surface area (Å²) in [5.74, 6) is 0. The van der Waals surface area contributed by atoms with Gasteiger partial charge in [0.1, 0.15) is 0 Å². The molecule has 2 heteroatoms. The molecule has 0 aliphatic rings. The lowest BCUT2D eigenvalue weighted by molar-refractivity contribution is -0.913. The van der Waals surface area contributed by atoms with Gasteiger partial charge in [-0.25, -0.2) is 0 Å². The molecule has 0 spiro atoms. The van der Waals surface area contributed by atoms with Gasteiger partial charge in [0.2, 0.25) is 11.4 Å². The van der Waals surface area contributed by atoms with Crippen LogP contribution in [0.3, 0.4) is 0 Å². The first-order valence-corrected chi connectivity index (χ1v) is 4.99. The van der Waals surface area contributed by atoms with Gasteiger partial charge >= 0.3 is 0 Å². The third kappa shape index (κ3) is 2.72. The lowest BCUT2D eigenvalue weighted by Gasteiger charge is -2.15. The maximum absolute atomic E-state index is 5.83. The van der Waals surface area contributed by atoms with E-state index in [9.17, 15) is 0 Å². The molecule has 0 fully saturated rings. The summed E-state index contributed by atoms with van der Waals surface area (Å²) < 4.78 is 1.90. The van der Waals surface area contributed by atoms with Gasteiger partial charge < -0.3 is 0 Å². The molecule has 0 aliphatic heterocycles. The number of hydrogen-bond acceptors (Lipinski definition) is 1. The Labute approximate surface area is 86.5 Å². The molecule has 14 heavy (non-hydrogen) atoms. The topological polar surface area (TPSA) is 13.1 Å². The second-order valence-corrected chi connectivity index (χ2v) is 4.81. The first-order valence-electron chi connectivity index (χ1n) is 4.99. The minimum absolute atomic E-state index is 0.157. The second kappa shape index (κ2) is 3.60. The summed E-state index contributed by atoms with van der Waals surface area (Å²) in [7, 11) is 0. The van der Waals surface area contributed by atoms with Crippen molar-refractivity contribution in [2.75, 3.05) is 0 Å². The Kier molecular flexibility index (Phi) is 2.84. The van der Waals surface area contributed by atoms with Crippen LogP contribution < -0.4 is 9.57 Å². The molecule has 1 aromatic rings.